The number of nitrogens with zero attached hydrogens (tertiary/aromatic N) is 1. The van der Waals surface area contributed by atoms with E-state index in [2.05, 4.69) is 15.6 Å². The summed E-state index contributed by atoms with van der Waals surface area (Å²) in [5.41, 5.74) is 2.02. The Morgan fingerprint density at radius 2 is 1.80 bits per heavy atom. The Morgan fingerprint density at radius 1 is 1.00 bits per heavy atom. The van der Waals surface area contributed by atoms with E-state index in [-0.39, 0.29) is 0 Å². The molecule has 3 nitrogen and oxygen atoms in total. The van der Waals surface area contributed by atoms with Gasteiger partial charge in [-0.1, -0.05) is 18.2 Å². The number of pyridine rings is 1. The summed E-state index contributed by atoms with van der Waals surface area (Å²) in [6.07, 6.45) is 1.77. The van der Waals surface area contributed by atoms with E-state index in [0.717, 1.165) is 17.2 Å². The first-order valence-corrected chi connectivity index (χ1v) is 4.85. The van der Waals surface area contributed by atoms with Gasteiger partial charge in [-0.2, -0.15) is 0 Å². The van der Waals surface area contributed by atoms with Crippen LogP contribution in [-0.4, -0.2) is 12.0 Å². The Balaban J connectivity index is 2.24. The highest BCUT2D eigenvalue weighted by Crippen LogP contribution is 2.21. The molecule has 3 heteroatoms. The van der Waals surface area contributed by atoms with Crippen molar-refractivity contribution in [1.82, 2.24) is 4.98 Å². The Morgan fingerprint density at radius 3 is 2.53 bits per heavy atom. The van der Waals surface area contributed by atoms with E-state index in [1.54, 1.807) is 6.20 Å². The predicted octanol–water partition coefficient (Wildman–Crippen LogP) is 2.87. The molecule has 2 N–H and O–H groups in total. The molecule has 15 heavy (non-hydrogen) atoms. The zero-order chi connectivity index (χ0) is 10.5. The van der Waals surface area contributed by atoms with Gasteiger partial charge in [-0.05, 0) is 24.3 Å². The van der Waals surface area contributed by atoms with Crippen LogP contribution in [0.4, 0.5) is 17.2 Å². The van der Waals surface area contributed by atoms with Gasteiger partial charge in [0.15, 0.2) is 5.82 Å². The largest absolute Gasteiger partial charge is 0.385 e. The molecule has 0 atom stereocenters. The van der Waals surface area contributed by atoms with Gasteiger partial charge in [0.05, 0.1) is 5.69 Å². The van der Waals surface area contributed by atoms with Crippen LogP contribution >= 0.6 is 0 Å². The van der Waals surface area contributed by atoms with Crippen molar-refractivity contribution in [2.45, 2.75) is 0 Å². The number of anilines is 3. The number of nitrogens with one attached hydrogen (secondary N) is 2. The third-order valence-corrected chi connectivity index (χ3v) is 2.11. The first-order valence-electron chi connectivity index (χ1n) is 4.85. The van der Waals surface area contributed by atoms with E-state index in [0.29, 0.717) is 0 Å². The van der Waals surface area contributed by atoms with Crippen molar-refractivity contribution in [3.05, 3.63) is 48.7 Å². The molecule has 0 bridgehead atoms. The third kappa shape index (κ3) is 2.26. The van der Waals surface area contributed by atoms with Crippen LogP contribution < -0.4 is 10.6 Å². The van der Waals surface area contributed by atoms with Crippen molar-refractivity contribution in [2.24, 2.45) is 0 Å². The van der Waals surface area contributed by atoms with Crippen LogP contribution in [0.25, 0.3) is 0 Å². The summed E-state index contributed by atoms with van der Waals surface area (Å²) in [6.45, 7) is 0. The van der Waals surface area contributed by atoms with Gasteiger partial charge in [-0.3, -0.25) is 0 Å². The number of benzene rings is 1. The quantitative estimate of drug-likeness (QED) is 0.798. The van der Waals surface area contributed by atoms with Gasteiger partial charge >= 0.3 is 0 Å². The van der Waals surface area contributed by atoms with E-state index < -0.39 is 0 Å². The van der Waals surface area contributed by atoms with Crippen LogP contribution in [-0.2, 0) is 0 Å². The SMILES string of the molecule is CNc1cccnc1Nc1ccccc1. The predicted molar refractivity (Wildman–Crippen MR) is 63.5 cm³/mol. The highest BCUT2D eigenvalue weighted by Gasteiger charge is 2.00. The summed E-state index contributed by atoms with van der Waals surface area (Å²) in [5.74, 6) is 0.839. The van der Waals surface area contributed by atoms with Gasteiger partial charge in [0.1, 0.15) is 0 Å². The van der Waals surface area contributed by atoms with Crippen LogP contribution in [0.15, 0.2) is 48.7 Å². The molecule has 0 fully saturated rings. The molecule has 0 saturated heterocycles. The second-order valence-corrected chi connectivity index (χ2v) is 3.14. The minimum Gasteiger partial charge on any atom is -0.385 e. The summed E-state index contributed by atoms with van der Waals surface area (Å²) in [7, 11) is 1.88. The maximum absolute atomic E-state index is 4.27. The van der Waals surface area contributed by atoms with Crippen molar-refractivity contribution >= 4 is 17.2 Å². The molecule has 0 amide bonds. The monoisotopic (exact) mass is 199 g/mol. The molecule has 0 aliphatic carbocycles. The molecule has 0 aliphatic heterocycles. The van der Waals surface area contributed by atoms with Gasteiger partial charge in [0.2, 0.25) is 0 Å². The molecule has 0 saturated carbocycles. The lowest BCUT2D eigenvalue weighted by Crippen LogP contribution is -1.98. The molecule has 0 unspecified atom stereocenters. The molecular weight excluding hydrogens is 186 g/mol. The molecule has 1 heterocycles. The molecule has 1 aromatic carbocycles. The Bertz CT molecular complexity index is 426. The van der Waals surface area contributed by atoms with E-state index in [1.165, 1.54) is 0 Å². The smallest absolute Gasteiger partial charge is 0.153 e. The maximum Gasteiger partial charge on any atom is 0.153 e. The normalized spacial score (nSPS) is 9.67. The summed E-state index contributed by atoms with van der Waals surface area (Å²) < 4.78 is 0. The van der Waals surface area contributed by atoms with Gasteiger partial charge in [0.25, 0.3) is 0 Å². The average molecular weight is 199 g/mol. The first kappa shape index (κ1) is 9.52. The minimum absolute atomic E-state index is 0.839. The number of hydrogen-bond donors (Lipinski definition) is 2. The molecule has 0 radical (unpaired) electrons. The van der Waals surface area contributed by atoms with Gasteiger partial charge in [-0.15, -0.1) is 0 Å². The third-order valence-electron chi connectivity index (χ3n) is 2.11. The van der Waals surface area contributed by atoms with E-state index in [4.69, 9.17) is 0 Å². The lowest BCUT2D eigenvalue weighted by Gasteiger charge is -2.09. The Kier molecular flexibility index (Phi) is 2.83. The fraction of sp³-hybridized carbons (Fsp3) is 0.0833. The topological polar surface area (TPSA) is 37.0 Å². The lowest BCUT2D eigenvalue weighted by molar-refractivity contribution is 1.29. The second kappa shape index (κ2) is 4.46. The van der Waals surface area contributed by atoms with Crippen molar-refractivity contribution in [2.75, 3.05) is 17.7 Å². The maximum atomic E-state index is 4.27. The zero-order valence-electron chi connectivity index (χ0n) is 8.57. The standard InChI is InChI=1S/C12H13N3/c1-13-11-8-5-9-14-12(11)15-10-6-3-2-4-7-10/h2-9,13H,1H3,(H,14,15). The summed E-state index contributed by atoms with van der Waals surface area (Å²) in [6, 6.07) is 13.9. The number of rotatable bonds is 3. The van der Waals surface area contributed by atoms with Gasteiger partial charge < -0.3 is 10.6 Å². The van der Waals surface area contributed by atoms with Gasteiger partial charge in [-0.25, -0.2) is 4.98 Å². The number of aromatic nitrogens is 1. The average Bonchev–Trinajstić information content (AvgIpc) is 2.31. The Labute approximate surface area is 89.2 Å². The van der Waals surface area contributed by atoms with Crippen LogP contribution in [0.5, 0.6) is 0 Å². The molecule has 1 aromatic heterocycles. The molecular formula is C12H13N3. The van der Waals surface area contributed by atoms with E-state index in [9.17, 15) is 0 Å². The van der Waals surface area contributed by atoms with Crippen LogP contribution in [0.3, 0.4) is 0 Å². The van der Waals surface area contributed by atoms with Crippen molar-refractivity contribution < 1.29 is 0 Å². The summed E-state index contributed by atoms with van der Waals surface area (Å²) in [4.78, 5) is 4.27. The number of hydrogen-bond acceptors (Lipinski definition) is 3. The highest BCUT2D eigenvalue weighted by molar-refractivity contribution is 5.69. The number of para-hydroxylation sites is 1. The summed E-state index contributed by atoms with van der Waals surface area (Å²) >= 11 is 0. The summed E-state index contributed by atoms with van der Waals surface area (Å²) in [5, 5.41) is 6.34. The van der Waals surface area contributed by atoms with Crippen LogP contribution in [0.1, 0.15) is 0 Å². The lowest BCUT2D eigenvalue weighted by atomic mass is 10.3. The van der Waals surface area contributed by atoms with Crippen molar-refractivity contribution in [3.63, 3.8) is 0 Å². The Hall–Kier alpha value is -2.03. The highest BCUT2D eigenvalue weighted by atomic mass is 15.0. The second-order valence-electron chi connectivity index (χ2n) is 3.14. The minimum atomic E-state index is 0.839. The zero-order valence-corrected chi connectivity index (χ0v) is 8.57. The van der Waals surface area contributed by atoms with Crippen LogP contribution in [0, 0.1) is 0 Å². The molecule has 2 aromatic rings. The fourth-order valence-electron chi connectivity index (χ4n) is 1.36. The molecule has 76 valence electrons. The molecule has 0 aliphatic rings. The van der Waals surface area contributed by atoms with Crippen molar-refractivity contribution in [3.8, 4) is 0 Å². The first-order chi connectivity index (χ1) is 7.40. The van der Waals surface area contributed by atoms with Gasteiger partial charge in [0, 0.05) is 18.9 Å². The van der Waals surface area contributed by atoms with E-state index >= 15 is 0 Å². The fourth-order valence-corrected chi connectivity index (χ4v) is 1.36. The molecule has 0 spiro atoms. The molecule has 2 rings (SSSR count). The van der Waals surface area contributed by atoms with Crippen LogP contribution in [0.2, 0.25) is 0 Å². The van der Waals surface area contributed by atoms with E-state index in [1.807, 2.05) is 49.5 Å². The van der Waals surface area contributed by atoms with Crippen molar-refractivity contribution in [1.29, 1.82) is 0 Å².